The molecule has 0 radical (unpaired) electrons. The third-order valence-electron chi connectivity index (χ3n) is 0. The summed E-state index contributed by atoms with van der Waals surface area (Å²) >= 11 is 0. The molecule has 0 fully saturated rings. The number of carbonyl (C=O) groups is 1. The van der Waals surface area contributed by atoms with Gasteiger partial charge in [-0.25, -0.2) is 4.79 Å². The van der Waals surface area contributed by atoms with Crippen LogP contribution in [-0.2, 0) is 0 Å². The summed E-state index contributed by atoms with van der Waals surface area (Å²) in [7, 11) is 0. The normalized spacial score (nSPS) is 4.80. The number of hydrogen-bond donors (Lipinski definition) is 2. The van der Waals surface area contributed by atoms with E-state index in [1.54, 1.807) is 0 Å². The van der Waals surface area contributed by atoms with Crippen LogP contribution in [0, 0.1) is 0 Å². The quantitative estimate of drug-likeness (QED) is 0.614. The van der Waals surface area contributed by atoms with E-state index in [1.165, 1.54) is 0 Å². The maximum absolute atomic E-state index is 8.56. The second-order valence-corrected chi connectivity index (χ2v) is 0.283. The van der Waals surface area contributed by atoms with E-state index in [9.17, 15) is 0 Å². The second-order valence-electron chi connectivity index (χ2n) is 0.283. The third-order valence-corrected chi connectivity index (χ3v) is 0. The minimum atomic E-state index is -1.83. The molecular formula is CH4O3Po. The number of hydrogen-bond acceptors (Lipinski definition) is 1. The molecule has 0 aromatic carbocycles. The van der Waals surface area contributed by atoms with Crippen LogP contribution in [0.15, 0.2) is 0 Å². The number of rotatable bonds is 0. The Hall–Kier alpha value is 0.166. The Labute approximate surface area is 48.1 Å². The molecule has 0 aromatic rings. The average Bonchev–Trinajstić information content (AvgIpc) is 0.811. The average molecular weight is 273 g/mol. The summed E-state index contributed by atoms with van der Waals surface area (Å²) in [5.74, 6) is 0. The Morgan fingerprint density at radius 2 is 1.40 bits per heavy atom. The molecule has 0 bridgehead atoms. The Morgan fingerprint density at radius 3 is 1.40 bits per heavy atom. The molecule has 5 heavy (non-hydrogen) atoms. The van der Waals surface area contributed by atoms with Gasteiger partial charge in [0.1, 0.15) is 0 Å². The first-order valence-corrected chi connectivity index (χ1v) is 0.651. The van der Waals surface area contributed by atoms with Gasteiger partial charge in [0.2, 0.25) is 0 Å². The van der Waals surface area contributed by atoms with Crippen molar-refractivity contribution < 1.29 is 15.0 Å². The first kappa shape index (κ1) is 8.94. The summed E-state index contributed by atoms with van der Waals surface area (Å²) in [4.78, 5) is 8.56. The van der Waals surface area contributed by atoms with Crippen LogP contribution in [0.4, 0.5) is 4.79 Å². The van der Waals surface area contributed by atoms with Crippen LogP contribution < -0.4 is 0 Å². The molecule has 0 rings (SSSR count). The van der Waals surface area contributed by atoms with Crippen molar-refractivity contribution in [1.82, 2.24) is 0 Å². The van der Waals surface area contributed by atoms with Gasteiger partial charge in [-0.05, 0) is 0 Å². The van der Waals surface area contributed by atoms with Crippen molar-refractivity contribution in [1.29, 1.82) is 0 Å². The molecule has 4 heteroatoms. The van der Waals surface area contributed by atoms with Crippen LogP contribution in [-0.4, -0.2) is 42.9 Å². The standard InChI is InChI=1S/CH2O3.Po.2H/c2-1(3)4;;;/h(H2,2,3,4);;;. The summed E-state index contributed by atoms with van der Waals surface area (Å²) < 4.78 is 0. The van der Waals surface area contributed by atoms with Gasteiger partial charge in [-0.3, -0.25) is 0 Å². The Morgan fingerprint density at radius 1 is 1.40 bits per heavy atom. The van der Waals surface area contributed by atoms with Crippen molar-refractivity contribution in [3.05, 3.63) is 0 Å². The molecule has 0 saturated carbocycles. The van der Waals surface area contributed by atoms with Crippen molar-refractivity contribution in [2.75, 3.05) is 0 Å². The molecule has 32 valence electrons. The van der Waals surface area contributed by atoms with Gasteiger partial charge in [0.05, 0.1) is 0 Å². The molecule has 2 N–H and O–H groups in total. The van der Waals surface area contributed by atoms with E-state index in [1.807, 2.05) is 0 Å². The molecule has 0 amide bonds. The zero-order valence-electron chi connectivity index (χ0n) is 2.30. The fraction of sp³-hybridized carbons (Fsp3) is 0. The molecule has 0 aliphatic rings. The van der Waals surface area contributed by atoms with E-state index in [0.29, 0.717) is 0 Å². The summed E-state index contributed by atoms with van der Waals surface area (Å²) in [5, 5.41) is 13.9. The first-order valence-electron chi connectivity index (χ1n) is 0.651. The van der Waals surface area contributed by atoms with Crippen molar-refractivity contribution in [3.8, 4) is 0 Å². The fourth-order valence-electron chi connectivity index (χ4n) is 0. The minimum absolute atomic E-state index is 0. The Balaban J connectivity index is 0. The van der Waals surface area contributed by atoms with Crippen molar-refractivity contribution in [2.24, 2.45) is 0 Å². The van der Waals surface area contributed by atoms with E-state index in [2.05, 4.69) is 0 Å². The zero-order chi connectivity index (χ0) is 3.58. The molecule has 0 aliphatic carbocycles. The van der Waals surface area contributed by atoms with Crippen molar-refractivity contribution >= 4 is 32.7 Å². The van der Waals surface area contributed by atoms with Crippen LogP contribution in [0.2, 0.25) is 0 Å². The van der Waals surface area contributed by atoms with Crippen molar-refractivity contribution in [2.45, 2.75) is 0 Å². The predicted molar refractivity (Wildman–Crippen MR) is 19.2 cm³/mol. The predicted octanol–water partition coefficient (Wildman–Crippen LogP) is -0.694. The molecule has 0 heterocycles. The van der Waals surface area contributed by atoms with Gasteiger partial charge >= 0.3 is 32.7 Å². The SMILES string of the molecule is O=C(O)O.[PoH2]. The second kappa shape index (κ2) is 4.17. The van der Waals surface area contributed by atoms with Crippen LogP contribution in [0.1, 0.15) is 0 Å². The molecule has 0 unspecified atom stereocenters. The van der Waals surface area contributed by atoms with Crippen LogP contribution in [0.25, 0.3) is 0 Å². The van der Waals surface area contributed by atoms with Gasteiger partial charge in [0, 0.05) is 0 Å². The van der Waals surface area contributed by atoms with Gasteiger partial charge in [-0.1, -0.05) is 0 Å². The van der Waals surface area contributed by atoms with E-state index < -0.39 is 6.16 Å². The first-order chi connectivity index (χ1) is 1.73. The molecule has 0 atom stereocenters. The summed E-state index contributed by atoms with van der Waals surface area (Å²) in [6, 6.07) is 0. The molecule has 0 spiro atoms. The molecule has 0 saturated heterocycles. The summed E-state index contributed by atoms with van der Waals surface area (Å²) in [6.07, 6.45) is -1.83. The van der Waals surface area contributed by atoms with Gasteiger partial charge in [-0.2, -0.15) is 0 Å². The topological polar surface area (TPSA) is 57.5 Å². The van der Waals surface area contributed by atoms with Gasteiger partial charge in [0.25, 0.3) is 0 Å². The fourth-order valence-corrected chi connectivity index (χ4v) is 0. The maximum atomic E-state index is 8.56. The van der Waals surface area contributed by atoms with E-state index in [4.69, 9.17) is 15.0 Å². The monoisotopic (exact) mass is 273 g/mol. The van der Waals surface area contributed by atoms with Crippen LogP contribution in [0.3, 0.4) is 0 Å². The number of carboxylic acid groups (broad SMARTS) is 2. The zero-order valence-corrected chi connectivity index (χ0v) is 6.19. The molecule has 0 aliphatic heterocycles. The van der Waals surface area contributed by atoms with E-state index in [0.717, 1.165) is 0 Å². The molecule has 0 aromatic heterocycles. The van der Waals surface area contributed by atoms with E-state index >= 15 is 0 Å². The van der Waals surface area contributed by atoms with Crippen LogP contribution >= 0.6 is 0 Å². The third kappa shape index (κ3) is 708. The van der Waals surface area contributed by atoms with Gasteiger partial charge in [0.15, 0.2) is 0 Å². The summed E-state index contributed by atoms with van der Waals surface area (Å²) in [6.45, 7) is 0. The summed E-state index contributed by atoms with van der Waals surface area (Å²) in [5.41, 5.74) is 0. The van der Waals surface area contributed by atoms with Gasteiger partial charge in [-0.15, -0.1) is 0 Å². The Kier molecular flexibility index (Phi) is 7.45. The Bertz CT molecular complexity index is 29.9. The molecule has 3 nitrogen and oxygen atoms in total. The van der Waals surface area contributed by atoms with E-state index in [-0.39, 0.29) is 26.6 Å². The van der Waals surface area contributed by atoms with Gasteiger partial charge < -0.3 is 10.2 Å². The van der Waals surface area contributed by atoms with Crippen molar-refractivity contribution in [3.63, 3.8) is 0 Å². The van der Waals surface area contributed by atoms with Crippen LogP contribution in [0.5, 0.6) is 0 Å². The molecular weight excluding hydrogens is 269 g/mol.